The van der Waals surface area contributed by atoms with E-state index in [1.807, 2.05) is 49.2 Å². The number of likely N-dealkylation sites (tertiary alicyclic amines) is 1. The molecule has 1 aromatic heterocycles. The van der Waals surface area contributed by atoms with Gasteiger partial charge >= 0.3 is 0 Å². The van der Waals surface area contributed by atoms with Gasteiger partial charge in [0.25, 0.3) is 0 Å². The second-order valence-corrected chi connectivity index (χ2v) is 7.31. The molecule has 2 aliphatic rings. The van der Waals surface area contributed by atoms with Crippen LogP contribution in [0, 0.1) is 6.92 Å². The van der Waals surface area contributed by atoms with E-state index < -0.39 is 0 Å². The number of amides is 1. The monoisotopic (exact) mass is 336 g/mol. The Morgan fingerprint density at radius 3 is 2.40 bits per heavy atom. The molecule has 4 rings (SSSR count). The van der Waals surface area contributed by atoms with Crippen molar-refractivity contribution >= 4 is 11.7 Å². The lowest BCUT2D eigenvalue weighted by atomic mass is 9.81. The third-order valence-corrected chi connectivity index (χ3v) is 5.93. The summed E-state index contributed by atoms with van der Waals surface area (Å²) in [4.78, 5) is 17.2. The second-order valence-electron chi connectivity index (χ2n) is 7.31. The van der Waals surface area contributed by atoms with Gasteiger partial charge in [-0.15, -0.1) is 5.10 Å². The molecular formula is C20H24N4O. The van der Waals surface area contributed by atoms with Crippen molar-refractivity contribution < 1.29 is 4.79 Å². The van der Waals surface area contributed by atoms with Crippen LogP contribution in [0.4, 0.5) is 5.82 Å². The molecule has 5 heteroatoms. The quantitative estimate of drug-likeness (QED) is 0.846. The molecule has 2 aromatic rings. The molecule has 1 spiro atoms. The summed E-state index contributed by atoms with van der Waals surface area (Å²) < 4.78 is 0. The Morgan fingerprint density at radius 1 is 1.04 bits per heavy atom. The highest BCUT2D eigenvalue weighted by Crippen LogP contribution is 2.45. The molecule has 2 fully saturated rings. The molecule has 5 nitrogen and oxygen atoms in total. The van der Waals surface area contributed by atoms with Crippen molar-refractivity contribution in [3.05, 3.63) is 53.7 Å². The van der Waals surface area contributed by atoms with Gasteiger partial charge in [0.1, 0.15) is 0 Å². The summed E-state index contributed by atoms with van der Waals surface area (Å²) in [6, 6.07) is 14.2. The van der Waals surface area contributed by atoms with Crippen LogP contribution in [0.15, 0.2) is 42.5 Å². The minimum Gasteiger partial charge on any atom is -0.355 e. The molecule has 0 N–H and O–H groups in total. The van der Waals surface area contributed by atoms with E-state index in [1.165, 1.54) is 0 Å². The number of aryl methyl sites for hydroxylation is 1. The Balaban J connectivity index is 1.50. The van der Waals surface area contributed by atoms with Gasteiger partial charge in [0, 0.05) is 25.7 Å². The van der Waals surface area contributed by atoms with Crippen molar-refractivity contribution in [2.24, 2.45) is 0 Å². The zero-order valence-electron chi connectivity index (χ0n) is 14.9. The highest BCUT2D eigenvalue weighted by Gasteiger charge is 2.50. The second kappa shape index (κ2) is 6.14. The lowest BCUT2D eigenvalue weighted by Crippen LogP contribution is -2.51. The first kappa shape index (κ1) is 16.1. The molecule has 0 radical (unpaired) electrons. The van der Waals surface area contributed by atoms with E-state index in [2.05, 4.69) is 27.2 Å². The number of likely N-dealkylation sites (N-methyl/N-ethyl adjacent to an activating group) is 1. The maximum atomic E-state index is 12.9. The molecule has 1 aromatic carbocycles. The van der Waals surface area contributed by atoms with Gasteiger partial charge in [-0.25, -0.2) is 0 Å². The summed E-state index contributed by atoms with van der Waals surface area (Å²) in [5.74, 6) is 1.19. The minimum absolute atomic E-state index is 0.00286. The molecule has 0 bridgehead atoms. The third-order valence-electron chi connectivity index (χ3n) is 5.93. The predicted molar refractivity (Wildman–Crippen MR) is 97.5 cm³/mol. The molecule has 1 atom stereocenters. The fourth-order valence-electron chi connectivity index (χ4n) is 4.27. The number of carbonyl (C=O) groups excluding carboxylic acids is 1. The van der Waals surface area contributed by atoms with Crippen LogP contribution < -0.4 is 4.90 Å². The van der Waals surface area contributed by atoms with E-state index in [0.29, 0.717) is 0 Å². The van der Waals surface area contributed by atoms with Crippen LogP contribution in [-0.4, -0.2) is 46.7 Å². The first-order chi connectivity index (χ1) is 12.1. The summed E-state index contributed by atoms with van der Waals surface area (Å²) in [7, 11) is 1.98. The Kier molecular flexibility index (Phi) is 3.94. The van der Waals surface area contributed by atoms with E-state index in [0.717, 1.165) is 49.4 Å². The molecule has 0 unspecified atom stereocenters. The van der Waals surface area contributed by atoms with E-state index in [-0.39, 0.29) is 17.4 Å². The van der Waals surface area contributed by atoms with E-state index in [9.17, 15) is 4.79 Å². The Morgan fingerprint density at radius 2 is 1.76 bits per heavy atom. The van der Waals surface area contributed by atoms with Gasteiger partial charge in [-0.2, -0.15) is 5.10 Å². The van der Waals surface area contributed by atoms with Crippen LogP contribution in [-0.2, 0) is 4.79 Å². The zero-order valence-corrected chi connectivity index (χ0v) is 14.9. The van der Waals surface area contributed by atoms with Gasteiger partial charge in [0.15, 0.2) is 5.82 Å². The number of hydrogen-bond donors (Lipinski definition) is 0. The maximum absolute atomic E-state index is 12.9. The van der Waals surface area contributed by atoms with Crippen LogP contribution in [0.5, 0.6) is 0 Å². The minimum atomic E-state index is -0.0216. The van der Waals surface area contributed by atoms with E-state index in [4.69, 9.17) is 0 Å². The Hall–Kier alpha value is -2.43. The van der Waals surface area contributed by atoms with Gasteiger partial charge in [-0.05, 0) is 43.9 Å². The molecule has 1 amide bonds. The lowest BCUT2D eigenvalue weighted by molar-refractivity contribution is -0.131. The molecule has 25 heavy (non-hydrogen) atoms. The number of anilines is 1. The number of benzene rings is 1. The predicted octanol–water partition coefficient (Wildman–Crippen LogP) is 2.77. The van der Waals surface area contributed by atoms with Gasteiger partial charge in [-0.1, -0.05) is 30.3 Å². The van der Waals surface area contributed by atoms with Crippen LogP contribution in [0.1, 0.15) is 36.4 Å². The number of carbonyl (C=O) groups is 1. The highest BCUT2D eigenvalue weighted by atomic mass is 16.2. The first-order valence-corrected chi connectivity index (χ1v) is 8.97. The van der Waals surface area contributed by atoms with Crippen molar-refractivity contribution in [3.63, 3.8) is 0 Å². The average molecular weight is 336 g/mol. The van der Waals surface area contributed by atoms with Crippen molar-refractivity contribution in [3.8, 4) is 0 Å². The van der Waals surface area contributed by atoms with Crippen molar-refractivity contribution in [2.75, 3.05) is 25.0 Å². The summed E-state index contributed by atoms with van der Waals surface area (Å²) in [5.41, 5.74) is 2.05. The molecular weight excluding hydrogens is 312 g/mol. The number of rotatable bonds is 2. The van der Waals surface area contributed by atoms with Crippen LogP contribution >= 0.6 is 0 Å². The normalized spacial score (nSPS) is 22.6. The molecule has 2 saturated heterocycles. The highest BCUT2D eigenvalue weighted by molar-refractivity contribution is 5.87. The lowest BCUT2D eigenvalue weighted by Gasteiger charge is -2.43. The summed E-state index contributed by atoms with van der Waals surface area (Å²) in [5, 5.41) is 8.47. The Labute approximate surface area is 148 Å². The summed E-state index contributed by atoms with van der Waals surface area (Å²) in [6.07, 6.45) is 2.88. The summed E-state index contributed by atoms with van der Waals surface area (Å²) in [6.45, 7) is 3.78. The number of nitrogens with zero attached hydrogens (tertiary/aromatic N) is 4. The molecule has 2 aliphatic heterocycles. The largest absolute Gasteiger partial charge is 0.355 e. The van der Waals surface area contributed by atoms with Crippen LogP contribution in [0.2, 0.25) is 0 Å². The van der Waals surface area contributed by atoms with E-state index in [1.54, 1.807) is 0 Å². The molecule has 0 saturated carbocycles. The van der Waals surface area contributed by atoms with Crippen molar-refractivity contribution in [1.29, 1.82) is 0 Å². The zero-order chi connectivity index (χ0) is 17.4. The number of aromatic nitrogens is 2. The molecule has 130 valence electrons. The average Bonchev–Trinajstić information content (AvgIpc) is 2.89. The first-order valence-electron chi connectivity index (χ1n) is 8.97. The standard InChI is InChI=1S/C20H24N4O/c1-15-8-9-18(22-21-15)24-12-10-20(11-13-24)14-17(19(25)23(20)2)16-6-4-3-5-7-16/h3-9,17H,10-14H2,1-2H3/t17-/m1/s1. The van der Waals surface area contributed by atoms with E-state index >= 15 is 0 Å². The SMILES string of the molecule is Cc1ccc(N2CCC3(CC2)C[C@H](c2ccccc2)C(=O)N3C)nn1. The van der Waals surface area contributed by atoms with Gasteiger partial charge in [-0.3, -0.25) is 4.79 Å². The maximum Gasteiger partial charge on any atom is 0.230 e. The fraction of sp³-hybridized carbons (Fsp3) is 0.450. The molecule has 3 heterocycles. The fourth-order valence-corrected chi connectivity index (χ4v) is 4.27. The summed E-state index contributed by atoms with van der Waals surface area (Å²) >= 11 is 0. The van der Waals surface area contributed by atoms with Crippen molar-refractivity contribution in [1.82, 2.24) is 15.1 Å². The third kappa shape index (κ3) is 2.77. The van der Waals surface area contributed by atoms with Gasteiger partial charge in [0.2, 0.25) is 5.91 Å². The van der Waals surface area contributed by atoms with Crippen molar-refractivity contribution in [2.45, 2.75) is 37.6 Å². The van der Waals surface area contributed by atoms with Crippen LogP contribution in [0.3, 0.4) is 0 Å². The topological polar surface area (TPSA) is 49.3 Å². The number of hydrogen-bond acceptors (Lipinski definition) is 4. The smallest absolute Gasteiger partial charge is 0.230 e. The number of piperidine rings is 1. The van der Waals surface area contributed by atoms with Crippen LogP contribution in [0.25, 0.3) is 0 Å². The molecule has 0 aliphatic carbocycles. The van der Waals surface area contributed by atoms with Gasteiger partial charge < -0.3 is 9.80 Å². The van der Waals surface area contributed by atoms with Gasteiger partial charge in [0.05, 0.1) is 11.6 Å². The Bertz CT molecular complexity index is 751.